The van der Waals surface area contributed by atoms with E-state index >= 15 is 0 Å². The molecule has 2 aromatic carbocycles. The number of likely N-dealkylation sites (tertiary alicyclic amines) is 1. The van der Waals surface area contributed by atoms with Gasteiger partial charge in [0, 0.05) is 25.8 Å². The average Bonchev–Trinajstić information content (AvgIpc) is 3.11. The summed E-state index contributed by atoms with van der Waals surface area (Å²) in [5.74, 6) is -2.49. The van der Waals surface area contributed by atoms with E-state index in [1.165, 1.54) is 0 Å². The third-order valence-electron chi connectivity index (χ3n) is 8.12. The summed E-state index contributed by atoms with van der Waals surface area (Å²) in [6.45, 7) is 5.73. The van der Waals surface area contributed by atoms with Gasteiger partial charge < -0.3 is 24.8 Å². The van der Waals surface area contributed by atoms with E-state index < -0.39 is 52.4 Å². The number of halogens is 4. The number of benzene rings is 2. The topological polar surface area (TPSA) is 82.2 Å². The second-order valence-corrected chi connectivity index (χ2v) is 10.9. The monoisotopic (exact) mass is 578 g/mol. The van der Waals surface area contributed by atoms with Crippen LogP contribution in [0.25, 0.3) is 0 Å². The van der Waals surface area contributed by atoms with Gasteiger partial charge >= 0.3 is 6.18 Å². The summed E-state index contributed by atoms with van der Waals surface area (Å²) in [6, 6.07) is 7.88. The molecule has 1 N–H and O–H groups in total. The summed E-state index contributed by atoms with van der Waals surface area (Å²) in [5.41, 5.74) is -2.00. The first-order chi connectivity index (χ1) is 19.2. The van der Waals surface area contributed by atoms with E-state index in [9.17, 15) is 31.9 Å². The molecule has 0 saturated carbocycles. The van der Waals surface area contributed by atoms with Crippen molar-refractivity contribution in [1.82, 2.24) is 15.1 Å². The second kappa shape index (κ2) is 11.2. The van der Waals surface area contributed by atoms with Gasteiger partial charge in [-0.05, 0) is 68.1 Å². The molecule has 222 valence electrons. The van der Waals surface area contributed by atoms with Crippen LogP contribution in [0.15, 0.2) is 42.5 Å². The lowest BCUT2D eigenvalue weighted by atomic mass is 9.84. The fraction of sp³-hybridized carbons (Fsp3) is 0.483. The number of nitrogens with one attached hydrogen (secondary N) is 1. The lowest BCUT2D eigenvalue weighted by Crippen LogP contribution is -2.60. The molecule has 1 unspecified atom stereocenters. The van der Waals surface area contributed by atoms with E-state index in [0.29, 0.717) is 36.8 Å². The zero-order valence-corrected chi connectivity index (χ0v) is 23.6. The van der Waals surface area contributed by atoms with Gasteiger partial charge in [0.2, 0.25) is 11.8 Å². The number of piperidine rings is 1. The van der Waals surface area contributed by atoms with Crippen molar-refractivity contribution in [3.8, 4) is 5.75 Å². The highest BCUT2D eigenvalue weighted by Crippen LogP contribution is 2.42. The zero-order chi connectivity index (χ0) is 30.3. The Morgan fingerprint density at radius 3 is 2.22 bits per heavy atom. The molecule has 2 atom stereocenters. The van der Waals surface area contributed by atoms with Crippen molar-refractivity contribution in [3.63, 3.8) is 0 Å². The lowest BCUT2D eigenvalue weighted by Gasteiger charge is -2.45. The number of rotatable bonds is 6. The molecule has 2 aromatic rings. The van der Waals surface area contributed by atoms with Crippen LogP contribution >= 0.6 is 0 Å². The number of carbonyl (C=O) groups is 3. The Morgan fingerprint density at radius 2 is 1.68 bits per heavy atom. The lowest BCUT2D eigenvalue weighted by molar-refractivity contribution is -0.140. The van der Waals surface area contributed by atoms with Crippen LogP contribution in [0.3, 0.4) is 0 Å². The minimum atomic E-state index is -4.76. The Labute approximate surface area is 236 Å². The van der Waals surface area contributed by atoms with Crippen LogP contribution in [-0.4, -0.2) is 72.5 Å². The minimum Gasteiger partial charge on any atom is -0.497 e. The van der Waals surface area contributed by atoms with Gasteiger partial charge in [-0.2, -0.15) is 13.2 Å². The van der Waals surface area contributed by atoms with Gasteiger partial charge in [-0.25, -0.2) is 4.39 Å². The van der Waals surface area contributed by atoms with Crippen LogP contribution in [0.5, 0.6) is 5.75 Å². The van der Waals surface area contributed by atoms with Gasteiger partial charge in [0.25, 0.3) is 5.91 Å². The van der Waals surface area contributed by atoms with E-state index in [1.54, 1.807) is 37.8 Å². The summed E-state index contributed by atoms with van der Waals surface area (Å²) >= 11 is 0. The van der Waals surface area contributed by atoms with Crippen LogP contribution in [0.1, 0.15) is 49.5 Å². The van der Waals surface area contributed by atoms with Crippen molar-refractivity contribution in [1.29, 1.82) is 0 Å². The molecule has 0 aliphatic carbocycles. The van der Waals surface area contributed by atoms with E-state index in [1.807, 2.05) is 31.2 Å². The molecule has 8 nitrogen and oxygen atoms in total. The van der Waals surface area contributed by atoms with Crippen LogP contribution in [-0.2, 0) is 15.8 Å². The molecule has 2 heterocycles. The fourth-order valence-electron chi connectivity index (χ4n) is 5.69. The Morgan fingerprint density at radius 1 is 1.07 bits per heavy atom. The first-order valence-corrected chi connectivity index (χ1v) is 13.4. The van der Waals surface area contributed by atoms with Crippen molar-refractivity contribution >= 4 is 23.4 Å². The first kappa shape index (κ1) is 30.1. The number of alkyl halides is 3. The number of amides is 3. The number of hydrogen-bond acceptors (Lipinski definition) is 5. The molecule has 12 heteroatoms. The highest BCUT2D eigenvalue weighted by atomic mass is 19.4. The van der Waals surface area contributed by atoms with E-state index in [-0.39, 0.29) is 25.2 Å². The molecule has 2 aliphatic rings. The number of ether oxygens (including phenoxy) is 1. The van der Waals surface area contributed by atoms with Crippen molar-refractivity contribution in [3.05, 3.63) is 59.4 Å². The largest absolute Gasteiger partial charge is 0.497 e. The SMILES string of the molecule is COc1ccc(N2C(C)N(C)C(=O)C23CCN(C(=O)[C@H](NC(=O)c2cc(C(F)(F)F)ccc2F)C(C)C)CC3)cc1. The van der Waals surface area contributed by atoms with Crippen LogP contribution in [0.2, 0.25) is 0 Å². The maximum absolute atomic E-state index is 14.3. The van der Waals surface area contributed by atoms with Crippen molar-refractivity contribution < 1.29 is 36.7 Å². The van der Waals surface area contributed by atoms with Gasteiger partial charge in [0.15, 0.2) is 0 Å². The summed E-state index contributed by atoms with van der Waals surface area (Å²) in [4.78, 5) is 45.2. The molecule has 4 rings (SSSR count). The summed E-state index contributed by atoms with van der Waals surface area (Å²) in [6.07, 6.45) is -4.33. The summed E-state index contributed by atoms with van der Waals surface area (Å²) in [5, 5.41) is 2.44. The molecular formula is C29H34F4N4O4. The van der Waals surface area contributed by atoms with E-state index in [2.05, 4.69) is 10.2 Å². The van der Waals surface area contributed by atoms with Gasteiger partial charge in [0.1, 0.15) is 29.3 Å². The smallest absolute Gasteiger partial charge is 0.416 e. The molecule has 2 fully saturated rings. The average molecular weight is 579 g/mol. The Bertz CT molecular complexity index is 1310. The third kappa shape index (κ3) is 5.56. The van der Waals surface area contributed by atoms with Gasteiger partial charge in [-0.15, -0.1) is 0 Å². The van der Waals surface area contributed by atoms with E-state index in [4.69, 9.17) is 4.74 Å². The summed E-state index contributed by atoms with van der Waals surface area (Å²) < 4.78 is 59.0. The van der Waals surface area contributed by atoms with Gasteiger partial charge in [-0.1, -0.05) is 13.8 Å². The maximum atomic E-state index is 14.3. The maximum Gasteiger partial charge on any atom is 0.416 e. The molecule has 41 heavy (non-hydrogen) atoms. The quantitative estimate of drug-likeness (QED) is 0.518. The predicted molar refractivity (Wildman–Crippen MR) is 144 cm³/mol. The summed E-state index contributed by atoms with van der Waals surface area (Å²) in [7, 11) is 3.31. The van der Waals surface area contributed by atoms with Crippen molar-refractivity contribution in [2.24, 2.45) is 5.92 Å². The Kier molecular flexibility index (Phi) is 8.24. The van der Waals surface area contributed by atoms with Crippen LogP contribution < -0.4 is 15.0 Å². The number of carbonyl (C=O) groups excluding carboxylic acids is 3. The molecule has 0 aromatic heterocycles. The molecule has 0 radical (unpaired) electrons. The Hall–Kier alpha value is -3.83. The number of nitrogens with zero attached hydrogens (tertiary/aromatic N) is 3. The molecular weight excluding hydrogens is 544 g/mol. The minimum absolute atomic E-state index is 0.0540. The standard InChI is InChI=1S/C29H34F4N4O4/c1-17(2)24(34-25(38)22-16-19(29(31,32)33)6-11-23(22)30)26(39)36-14-12-28(13-15-36)27(40)35(4)18(3)37(28)20-7-9-21(41-5)10-8-20/h6-11,16-18,24H,12-15H2,1-5H3,(H,34,38)/t18?,24-/m1/s1. The number of methoxy groups -OCH3 is 1. The van der Waals surface area contributed by atoms with Crippen molar-refractivity contribution in [2.45, 2.75) is 57.5 Å². The van der Waals surface area contributed by atoms with Gasteiger partial charge in [0.05, 0.1) is 18.2 Å². The number of likely N-dealkylation sites (N-methyl/N-ethyl adjacent to an activating group) is 1. The third-order valence-corrected chi connectivity index (χ3v) is 8.12. The molecule has 1 spiro atoms. The number of anilines is 1. The fourth-order valence-corrected chi connectivity index (χ4v) is 5.69. The Balaban J connectivity index is 1.52. The molecule has 2 saturated heterocycles. The highest BCUT2D eigenvalue weighted by molar-refractivity contribution is 5.98. The first-order valence-electron chi connectivity index (χ1n) is 13.4. The van der Waals surface area contributed by atoms with Crippen LogP contribution in [0, 0.1) is 11.7 Å². The normalized spacial score (nSPS) is 19.6. The molecule has 0 bridgehead atoms. The zero-order valence-electron chi connectivity index (χ0n) is 23.6. The number of hydrogen-bond donors (Lipinski definition) is 1. The highest BCUT2D eigenvalue weighted by Gasteiger charge is 2.56. The second-order valence-electron chi connectivity index (χ2n) is 10.9. The molecule has 2 aliphatic heterocycles. The molecule has 3 amide bonds. The van der Waals surface area contributed by atoms with Crippen molar-refractivity contribution in [2.75, 3.05) is 32.1 Å². The van der Waals surface area contributed by atoms with E-state index in [0.717, 1.165) is 5.69 Å². The predicted octanol–water partition coefficient (Wildman–Crippen LogP) is 4.29. The van der Waals surface area contributed by atoms with Gasteiger partial charge in [-0.3, -0.25) is 14.4 Å². The van der Waals surface area contributed by atoms with Crippen LogP contribution in [0.4, 0.5) is 23.2 Å².